The van der Waals surface area contributed by atoms with Crippen molar-refractivity contribution in [1.29, 1.82) is 0 Å². The quantitative estimate of drug-likeness (QED) is 0.807. The summed E-state index contributed by atoms with van der Waals surface area (Å²) < 4.78 is 0. The number of benzene rings is 2. The van der Waals surface area contributed by atoms with E-state index in [1.165, 1.54) is 27.8 Å². The Kier molecular flexibility index (Phi) is 3.22. The van der Waals surface area contributed by atoms with Crippen LogP contribution in [0.1, 0.15) is 42.0 Å². The second kappa shape index (κ2) is 5.16. The molecule has 0 saturated carbocycles. The van der Waals surface area contributed by atoms with Crippen molar-refractivity contribution in [3.63, 3.8) is 0 Å². The third kappa shape index (κ3) is 2.24. The van der Waals surface area contributed by atoms with Gasteiger partial charge in [0.15, 0.2) is 0 Å². The molecule has 1 unspecified atom stereocenters. The van der Waals surface area contributed by atoms with Crippen LogP contribution in [0.2, 0.25) is 0 Å². The van der Waals surface area contributed by atoms with E-state index in [1.807, 2.05) is 12.1 Å². The predicted octanol–water partition coefficient (Wildman–Crippen LogP) is 4.62. The maximum Gasteiger partial charge on any atom is 0.115 e. The van der Waals surface area contributed by atoms with E-state index in [-0.39, 0.29) is 5.41 Å². The molecule has 0 saturated heterocycles. The van der Waals surface area contributed by atoms with E-state index < -0.39 is 0 Å². The summed E-state index contributed by atoms with van der Waals surface area (Å²) in [5, 5.41) is 19.6. The first-order valence-corrected chi connectivity index (χ1v) is 8.45. The van der Waals surface area contributed by atoms with Crippen LogP contribution < -0.4 is 0 Å². The fourth-order valence-electron chi connectivity index (χ4n) is 4.48. The molecule has 2 aromatic rings. The fraction of sp³-hybridized carbons (Fsp3) is 0.333. The summed E-state index contributed by atoms with van der Waals surface area (Å²) in [4.78, 5) is 0. The molecule has 1 spiro atoms. The molecule has 2 aliphatic rings. The number of fused-ring (bicyclic) bond motifs is 2. The topological polar surface area (TPSA) is 40.5 Å². The Hall–Kier alpha value is -2.22. The van der Waals surface area contributed by atoms with Crippen molar-refractivity contribution in [2.24, 2.45) is 5.41 Å². The summed E-state index contributed by atoms with van der Waals surface area (Å²) in [5.41, 5.74) is 6.79. The number of phenolic OH excluding ortho intramolecular Hbond substituents is 2. The Labute approximate surface area is 137 Å². The maximum atomic E-state index is 9.80. The Morgan fingerprint density at radius 1 is 0.957 bits per heavy atom. The molecule has 118 valence electrons. The summed E-state index contributed by atoms with van der Waals surface area (Å²) in [6, 6.07) is 11.6. The molecule has 23 heavy (non-hydrogen) atoms. The number of phenols is 2. The molecular formula is C21H22O2. The molecule has 0 aromatic heterocycles. The zero-order valence-electron chi connectivity index (χ0n) is 13.5. The molecule has 0 bridgehead atoms. The highest BCUT2D eigenvalue weighted by molar-refractivity contribution is 5.77. The summed E-state index contributed by atoms with van der Waals surface area (Å²) in [7, 11) is 0. The average molecular weight is 306 g/mol. The smallest absolute Gasteiger partial charge is 0.115 e. The number of aromatic hydroxyl groups is 2. The van der Waals surface area contributed by atoms with Gasteiger partial charge in [0.05, 0.1) is 0 Å². The first-order valence-electron chi connectivity index (χ1n) is 8.45. The predicted molar refractivity (Wildman–Crippen MR) is 92.6 cm³/mol. The van der Waals surface area contributed by atoms with Crippen LogP contribution in [0.15, 0.2) is 42.5 Å². The molecule has 0 fully saturated rings. The number of hydrogen-bond donors (Lipinski definition) is 2. The Morgan fingerprint density at radius 3 is 2.43 bits per heavy atom. The van der Waals surface area contributed by atoms with E-state index in [9.17, 15) is 10.2 Å². The van der Waals surface area contributed by atoms with Crippen LogP contribution in [0.3, 0.4) is 0 Å². The minimum absolute atomic E-state index is 0.149. The first kappa shape index (κ1) is 14.4. The van der Waals surface area contributed by atoms with Gasteiger partial charge in [-0.2, -0.15) is 0 Å². The van der Waals surface area contributed by atoms with Crippen LogP contribution >= 0.6 is 0 Å². The lowest BCUT2D eigenvalue weighted by Gasteiger charge is -2.38. The number of allylic oxidation sites excluding steroid dienone is 2. The summed E-state index contributed by atoms with van der Waals surface area (Å²) in [6.45, 7) is 2.18. The van der Waals surface area contributed by atoms with Crippen LogP contribution in [0, 0.1) is 5.41 Å². The van der Waals surface area contributed by atoms with E-state index in [1.54, 1.807) is 12.1 Å². The monoisotopic (exact) mass is 306 g/mol. The van der Waals surface area contributed by atoms with Gasteiger partial charge in [0, 0.05) is 5.41 Å². The van der Waals surface area contributed by atoms with Crippen LogP contribution in [-0.4, -0.2) is 10.2 Å². The second-order valence-electron chi connectivity index (χ2n) is 6.95. The van der Waals surface area contributed by atoms with Gasteiger partial charge >= 0.3 is 0 Å². The molecular weight excluding hydrogens is 284 g/mol. The number of hydrogen-bond acceptors (Lipinski definition) is 2. The highest BCUT2D eigenvalue weighted by atomic mass is 16.3. The minimum atomic E-state index is 0.149. The van der Waals surface area contributed by atoms with E-state index in [0.717, 1.165) is 32.1 Å². The largest absolute Gasteiger partial charge is 0.508 e. The van der Waals surface area contributed by atoms with Crippen molar-refractivity contribution < 1.29 is 10.2 Å². The van der Waals surface area contributed by atoms with Gasteiger partial charge in [0.1, 0.15) is 11.5 Å². The van der Waals surface area contributed by atoms with Crippen molar-refractivity contribution in [2.75, 3.05) is 0 Å². The van der Waals surface area contributed by atoms with Gasteiger partial charge < -0.3 is 10.2 Å². The molecule has 0 amide bonds. The van der Waals surface area contributed by atoms with E-state index >= 15 is 0 Å². The van der Waals surface area contributed by atoms with Crippen LogP contribution in [0.25, 0.3) is 5.57 Å². The molecule has 4 rings (SSSR count). The highest BCUT2D eigenvalue weighted by Gasteiger charge is 2.43. The van der Waals surface area contributed by atoms with Crippen LogP contribution in [0.5, 0.6) is 11.5 Å². The first-order chi connectivity index (χ1) is 11.1. The van der Waals surface area contributed by atoms with Crippen molar-refractivity contribution in [3.8, 4) is 11.5 Å². The lowest BCUT2D eigenvalue weighted by molar-refractivity contribution is 0.377. The normalized spacial score (nSPS) is 24.0. The standard InChI is InChI=1S/C21H22O2/c1-2-3-20-19-7-6-18(23)10-14(19)8-9-21(20)12-15-4-5-17(22)11-16(15)13-21/h3-7,10-11,22-23H,2,8-9,12-13H2,1H3/b20-3+. The Bertz CT molecular complexity index is 803. The van der Waals surface area contributed by atoms with Gasteiger partial charge in [-0.1, -0.05) is 25.1 Å². The molecule has 2 N–H and O–H groups in total. The number of rotatable bonds is 1. The van der Waals surface area contributed by atoms with Crippen molar-refractivity contribution in [2.45, 2.75) is 39.0 Å². The van der Waals surface area contributed by atoms with Gasteiger partial charge in [-0.3, -0.25) is 0 Å². The van der Waals surface area contributed by atoms with Gasteiger partial charge in [-0.05, 0) is 84.2 Å². The third-order valence-corrected chi connectivity index (χ3v) is 5.48. The average Bonchev–Trinajstić information content (AvgIpc) is 2.88. The minimum Gasteiger partial charge on any atom is -0.508 e. The van der Waals surface area contributed by atoms with Gasteiger partial charge in [0.25, 0.3) is 0 Å². The Morgan fingerprint density at radius 2 is 1.65 bits per heavy atom. The van der Waals surface area contributed by atoms with Crippen LogP contribution in [0.4, 0.5) is 0 Å². The van der Waals surface area contributed by atoms with Crippen molar-refractivity contribution in [1.82, 2.24) is 0 Å². The zero-order chi connectivity index (χ0) is 16.0. The second-order valence-corrected chi connectivity index (χ2v) is 6.95. The third-order valence-electron chi connectivity index (χ3n) is 5.48. The lowest BCUT2D eigenvalue weighted by atomic mass is 9.65. The fourth-order valence-corrected chi connectivity index (χ4v) is 4.48. The van der Waals surface area contributed by atoms with Gasteiger partial charge in [-0.25, -0.2) is 0 Å². The van der Waals surface area contributed by atoms with Crippen molar-refractivity contribution in [3.05, 3.63) is 64.7 Å². The maximum absolute atomic E-state index is 9.80. The zero-order valence-corrected chi connectivity index (χ0v) is 13.5. The van der Waals surface area contributed by atoms with Gasteiger partial charge in [-0.15, -0.1) is 0 Å². The molecule has 1 atom stereocenters. The lowest BCUT2D eigenvalue weighted by Crippen LogP contribution is -2.28. The van der Waals surface area contributed by atoms with Crippen LogP contribution in [-0.2, 0) is 19.3 Å². The summed E-state index contributed by atoms with van der Waals surface area (Å²) in [5.74, 6) is 0.720. The van der Waals surface area contributed by atoms with Crippen molar-refractivity contribution >= 4 is 5.57 Å². The summed E-state index contributed by atoms with van der Waals surface area (Å²) >= 11 is 0. The number of aryl methyl sites for hydroxylation is 1. The summed E-state index contributed by atoms with van der Waals surface area (Å²) in [6.07, 6.45) is 7.53. The molecule has 0 aliphatic heterocycles. The highest BCUT2D eigenvalue weighted by Crippen LogP contribution is 2.53. The van der Waals surface area contributed by atoms with Gasteiger partial charge in [0.2, 0.25) is 0 Å². The molecule has 2 aliphatic carbocycles. The molecule has 0 radical (unpaired) electrons. The molecule has 2 nitrogen and oxygen atoms in total. The Balaban J connectivity index is 1.81. The van der Waals surface area contributed by atoms with E-state index in [2.05, 4.69) is 25.1 Å². The molecule has 2 heteroatoms. The SMILES string of the molecule is CC/C=C1\c2ccc(O)cc2CCC12Cc1ccc(O)cc1C2. The van der Waals surface area contributed by atoms with E-state index in [0.29, 0.717) is 11.5 Å². The van der Waals surface area contributed by atoms with E-state index in [4.69, 9.17) is 0 Å². The molecule has 2 aromatic carbocycles. The molecule has 0 heterocycles.